The van der Waals surface area contributed by atoms with E-state index in [1.165, 1.54) is 17.4 Å². The van der Waals surface area contributed by atoms with Crippen LogP contribution in [0.5, 0.6) is 0 Å². The molecule has 0 bridgehead atoms. The summed E-state index contributed by atoms with van der Waals surface area (Å²) < 4.78 is 0. The van der Waals surface area contributed by atoms with Gasteiger partial charge in [-0.1, -0.05) is 25.4 Å². The normalized spacial score (nSPS) is 10.5. The quantitative estimate of drug-likeness (QED) is 0.865. The second-order valence-electron chi connectivity index (χ2n) is 5.13. The van der Waals surface area contributed by atoms with E-state index in [9.17, 15) is 9.59 Å². The van der Waals surface area contributed by atoms with Crippen molar-refractivity contribution < 1.29 is 9.59 Å². The van der Waals surface area contributed by atoms with Crippen molar-refractivity contribution in [2.24, 2.45) is 5.92 Å². The van der Waals surface area contributed by atoms with Crippen LogP contribution in [0.25, 0.3) is 0 Å². The van der Waals surface area contributed by atoms with Gasteiger partial charge in [-0.05, 0) is 24.1 Å². The molecule has 0 fully saturated rings. The Morgan fingerprint density at radius 3 is 2.68 bits per heavy atom. The fourth-order valence-electron chi connectivity index (χ4n) is 1.78. The van der Waals surface area contributed by atoms with Crippen molar-refractivity contribution in [3.63, 3.8) is 0 Å². The summed E-state index contributed by atoms with van der Waals surface area (Å²) in [5.41, 5.74) is 0.903. The van der Waals surface area contributed by atoms with Crippen molar-refractivity contribution >= 4 is 45.6 Å². The molecular formula is C15H16ClN3O2S. The molecule has 0 unspecified atom stereocenters. The lowest BCUT2D eigenvalue weighted by molar-refractivity contribution is -0.116. The highest BCUT2D eigenvalue weighted by Gasteiger charge is 2.12. The Morgan fingerprint density at radius 1 is 1.32 bits per heavy atom. The van der Waals surface area contributed by atoms with E-state index in [0.29, 0.717) is 27.8 Å². The summed E-state index contributed by atoms with van der Waals surface area (Å²) >= 11 is 7.46. The van der Waals surface area contributed by atoms with E-state index in [4.69, 9.17) is 11.6 Å². The molecule has 0 saturated heterocycles. The lowest BCUT2D eigenvalue weighted by Gasteiger charge is -2.10. The van der Waals surface area contributed by atoms with Gasteiger partial charge in [0.1, 0.15) is 0 Å². The van der Waals surface area contributed by atoms with E-state index in [1.54, 1.807) is 23.7 Å². The molecule has 2 aromatic rings. The van der Waals surface area contributed by atoms with E-state index >= 15 is 0 Å². The summed E-state index contributed by atoms with van der Waals surface area (Å²) in [6.45, 7) is 3.93. The fourth-order valence-corrected chi connectivity index (χ4v) is 2.54. The SMILES string of the molecule is CC(C)CC(=O)Nc1ccc(C(=O)Nc2nccs2)cc1Cl. The van der Waals surface area contributed by atoms with Crippen molar-refractivity contribution in [2.75, 3.05) is 10.6 Å². The molecule has 2 rings (SSSR count). The minimum absolute atomic E-state index is 0.100. The highest BCUT2D eigenvalue weighted by atomic mass is 35.5. The second-order valence-corrected chi connectivity index (χ2v) is 6.43. The Labute approximate surface area is 137 Å². The van der Waals surface area contributed by atoms with Crippen molar-refractivity contribution in [3.05, 3.63) is 40.4 Å². The maximum Gasteiger partial charge on any atom is 0.257 e. The Balaban J connectivity index is 2.05. The van der Waals surface area contributed by atoms with Gasteiger partial charge in [0.2, 0.25) is 5.91 Å². The van der Waals surface area contributed by atoms with Gasteiger partial charge in [-0.2, -0.15) is 0 Å². The molecule has 0 aliphatic carbocycles. The fraction of sp³-hybridized carbons (Fsp3) is 0.267. The van der Waals surface area contributed by atoms with Crippen molar-refractivity contribution in [2.45, 2.75) is 20.3 Å². The van der Waals surface area contributed by atoms with Crippen LogP contribution >= 0.6 is 22.9 Å². The Hall–Kier alpha value is -1.92. The van der Waals surface area contributed by atoms with Crippen LogP contribution in [0.15, 0.2) is 29.8 Å². The van der Waals surface area contributed by atoms with Crippen LogP contribution in [0.3, 0.4) is 0 Å². The molecule has 0 spiro atoms. The molecule has 116 valence electrons. The lowest BCUT2D eigenvalue weighted by Crippen LogP contribution is -2.15. The average molecular weight is 338 g/mol. The zero-order valence-corrected chi connectivity index (χ0v) is 13.8. The molecule has 0 saturated carbocycles. The topological polar surface area (TPSA) is 71.1 Å². The summed E-state index contributed by atoms with van der Waals surface area (Å²) in [5.74, 6) is -0.129. The highest BCUT2D eigenvalue weighted by Crippen LogP contribution is 2.24. The molecule has 22 heavy (non-hydrogen) atoms. The van der Waals surface area contributed by atoms with E-state index in [1.807, 2.05) is 13.8 Å². The van der Waals surface area contributed by atoms with Crippen LogP contribution < -0.4 is 10.6 Å². The first-order valence-electron chi connectivity index (χ1n) is 6.76. The maximum atomic E-state index is 12.1. The van der Waals surface area contributed by atoms with Crippen LogP contribution in [0.2, 0.25) is 5.02 Å². The zero-order valence-electron chi connectivity index (χ0n) is 12.2. The number of nitrogens with one attached hydrogen (secondary N) is 2. The molecule has 1 aromatic carbocycles. The maximum absolute atomic E-state index is 12.1. The molecule has 5 nitrogen and oxygen atoms in total. The van der Waals surface area contributed by atoms with Crippen LogP contribution in [-0.4, -0.2) is 16.8 Å². The molecule has 0 aliphatic rings. The van der Waals surface area contributed by atoms with Gasteiger partial charge in [-0.3, -0.25) is 14.9 Å². The van der Waals surface area contributed by atoms with Crippen molar-refractivity contribution in [1.82, 2.24) is 4.98 Å². The van der Waals surface area contributed by atoms with E-state index < -0.39 is 0 Å². The number of hydrogen-bond donors (Lipinski definition) is 2. The summed E-state index contributed by atoms with van der Waals surface area (Å²) in [4.78, 5) is 27.8. The number of nitrogens with zero attached hydrogens (tertiary/aromatic N) is 1. The number of amides is 2. The Bertz CT molecular complexity index is 671. The minimum Gasteiger partial charge on any atom is -0.325 e. The zero-order chi connectivity index (χ0) is 16.1. The molecular weight excluding hydrogens is 322 g/mol. The standard InChI is InChI=1S/C15H16ClN3O2S/c1-9(2)7-13(20)18-12-4-3-10(8-11(12)16)14(21)19-15-17-5-6-22-15/h3-6,8-9H,7H2,1-2H3,(H,18,20)(H,17,19,21). The highest BCUT2D eigenvalue weighted by molar-refractivity contribution is 7.13. The molecule has 1 heterocycles. The van der Waals surface area contributed by atoms with Gasteiger partial charge in [0.25, 0.3) is 5.91 Å². The minimum atomic E-state index is -0.295. The number of hydrogen-bond acceptors (Lipinski definition) is 4. The van der Waals surface area contributed by atoms with E-state index in [0.717, 1.165) is 0 Å². The number of halogens is 1. The number of carbonyl (C=O) groups excluding carboxylic acids is 2. The number of benzene rings is 1. The number of carbonyl (C=O) groups is 2. The molecule has 2 N–H and O–H groups in total. The third-order valence-electron chi connectivity index (χ3n) is 2.75. The molecule has 7 heteroatoms. The Kier molecular flexibility index (Phi) is 5.51. The van der Waals surface area contributed by atoms with Gasteiger partial charge in [-0.15, -0.1) is 11.3 Å². The van der Waals surface area contributed by atoms with Gasteiger partial charge in [-0.25, -0.2) is 4.98 Å². The van der Waals surface area contributed by atoms with Crippen LogP contribution in [0.1, 0.15) is 30.6 Å². The Morgan fingerprint density at radius 2 is 2.09 bits per heavy atom. The molecule has 1 aromatic heterocycles. The number of anilines is 2. The summed E-state index contributed by atoms with van der Waals surface area (Å²) in [6.07, 6.45) is 2.03. The second kappa shape index (κ2) is 7.38. The lowest BCUT2D eigenvalue weighted by atomic mass is 10.1. The summed E-state index contributed by atoms with van der Waals surface area (Å²) in [6, 6.07) is 4.76. The third-order valence-corrected chi connectivity index (χ3v) is 3.75. The van der Waals surface area contributed by atoms with Crippen molar-refractivity contribution in [3.8, 4) is 0 Å². The van der Waals surface area contributed by atoms with Gasteiger partial charge < -0.3 is 5.32 Å². The molecule has 2 amide bonds. The summed E-state index contributed by atoms with van der Waals surface area (Å²) in [7, 11) is 0. The smallest absolute Gasteiger partial charge is 0.257 e. The predicted molar refractivity (Wildman–Crippen MR) is 89.6 cm³/mol. The third kappa shape index (κ3) is 4.54. The first-order valence-corrected chi connectivity index (χ1v) is 8.01. The van der Waals surface area contributed by atoms with Crippen molar-refractivity contribution in [1.29, 1.82) is 0 Å². The predicted octanol–water partition coefficient (Wildman–Crippen LogP) is 4.03. The van der Waals surface area contributed by atoms with E-state index in [-0.39, 0.29) is 17.7 Å². The van der Waals surface area contributed by atoms with Gasteiger partial charge in [0.05, 0.1) is 10.7 Å². The largest absolute Gasteiger partial charge is 0.325 e. The summed E-state index contributed by atoms with van der Waals surface area (Å²) in [5, 5.41) is 8.03. The van der Waals surface area contributed by atoms with E-state index in [2.05, 4.69) is 15.6 Å². The average Bonchev–Trinajstić information content (AvgIpc) is 2.93. The van der Waals surface area contributed by atoms with Crippen LogP contribution in [0, 0.1) is 5.92 Å². The van der Waals surface area contributed by atoms with Crippen LogP contribution in [0.4, 0.5) is 10.8 Å². The first-order chi connectivity index (χ1) is 10.5. The monoisotopic (exact) mass is 337 g/mol. The molecule has 0 atom stereocenters. The van der Waals surface area contributed by atoms with Gasteiger partial charge >= 0.3 is 0 Å². The van der Waals surface area contributed by atoms with Gasteiger partial charge in [0, 0.05) is 23.6 Å². The number of aromatic nitrogens is 1. The molecule has 0 aliphatic heterocycles. The van der Waals surface area contributed by atoms with Crippen LogP contribution in [-0.2, 0) is 4.79 Å². The first kappa shape index (κ1) is 16.5. The molecule has 0 radical (unpaired) electrons. The van der Waals surface area contributed by atoms with Gasteiger partial charge in [0.15, 0.2) is 5.13 Å². The number of thiazole rings is 1. The number of rotatable bonds is 5.